The normalized spacial score (nSPS) is 20.1. The van der Waals surface area contributed by atoms with E-state index in [2.05, 4.69) is 19.2 Å². The van der Waals surface area contributed by atoms with Gasteiger partial charge in [0.05, 0.1) is 5.56 Å². The van der Waals surface area contributed by atoms with Gasteiger partial charge in [0.1, 0.15) is 0 Å². The molecule has 0 amide bonds. The monoisotopic (exact) mass is 320 g/mol. The minimum Gasteiger partial charge on any atom is -0.369 e. The summed E-state index contributed by atoms with van der Waals surface area (Å²) in [5.41, 5.74) is -0.144. The van der Waals surface area contributed by atoms with Gasteiger partial charge >= 0.3 is 6.18 Å². The van der Waals surface area contributed by atoms with E-state index in [-0.39, 0.29) is 5.02 Å². The number of alkyl halides is 3. The number of piperazine rings is 1. The average Bonchev–Trinajstić information content (AvgIpc) is 2.36. The molecule has 1 aliphatic heterocycles. The zero-order valence-electron chi connectivity index (χ0n) is 12.2. The van der Waals surface area contributed by atoms with E-state index in [0.29, 0.717) is 30.7 Å². The Morgan fingerprint density at radius 2 is 2.05 bits per heavy atom. The maximum atomic E-state index is 12.9. The van der Waals surface area contributed by atoms with Crippen molar-refractivity contribution in [3.05, 3.63) is 28.8 Å². The van der Waals surface area contributed by atoms with Crippen molar-refractivity contribution in [1.82, 2.24) is 5.32 Å². The molecule has 1 aromatic carbocycles. The van der Waals surface area contributed by atoms with Gasteiger partial charge < -0.3 is 10.2 Å². The molecule has 0 aromatic heterocycles. The van der Waals surface area contributed by atoms with E-state index < -0.39 is 11.7 Å². The van der Waals surface area contributed by atoms with Crippen LogP contribution in [-0.2, 0) is 6.18 Å². The van der Waals surface area contributed by atoms with Crippen LogP contribution in [0.25, 0.3) is 0 Å². The van der Waals surface area contributed by atoms with E-state index in [1.165, 1.54) is 6.07 Å². The van der Waals surface area contributed by atoms with E-state index in [1.807, 2.05) is 4.90 Å². The Balaban J connectivity index is 2.19. The molecular weight excluding hydrogens is 301 g/mol. The lowest BCUT2D eigenvalue weighted by molar-refractivity contribution is -0.137. The van der Waals surface area contributed by atoms with Crippen LogP contribution in [0.15, 0.2) is 18.2 Å². The molecule has 1 saturated heterocycles. The second kappa shape index (κ2) is 6.44. The van der Waals surface area contributed by atoms with Crippen molar-refractivity contribution < 1.29 is 13.2 Å². The number of hydrogen-bond donors (Lipinski definition) is 1. The second-order valence-corrected chi connectivity index (χ2v) is 6.36. The molecule has 0 radical (unpaired) electrons. The lowest BCUT2D eigenvalue weighted by atomic mass is 10.0. The van der Waals surface area contributed by atoms with Crippen LogP contribution in [0.3, 0.4) is 0 Å². The second-order valence-electron chi connectivity index (χ2n) is 5.92. The molecule has 1 atom stereocenters. The van der Waals surface area contributed by atoms with Crippen LogP contribution in [0.5, 0.6) is 0 Å². The molecule has 1 heterocycles. The zero-order valence-corrected chi connectivity index (χ0v) is 12.9. The molecule has 1 fully saturated rings. The number of nitrogens with zero attached hydrogens (tertiary/aromatic N) is 1. The van der Waals surface area contributed by atoms with Crippen LogP contribution in [0.2, 0.25) is 5.02 Å². The summed E-state index contributed by atoms with van der Waals surface area (Å²) in [4.78, 5) is 1.98. The lowest BCUT2D eigenvalue weighted by Crippen LogP contribution is -2.51. The summed E-state index contributed by atoms with van der Waals surface area (Å²) in [5.74, 6) is 0.549. The fourth-order valence-electron chi connectivity index (χ4n) is 2.71. The van der Waals surface area contributed by atoms with Crippen molar-refractivity contribution in [3.8, 4) is 0 Å². The van der Waals surface area contributed by atoms with Gasteiger partial charge in [-0.1, -0.05) is 25.4 Å². The standard InChI is InChI=1S/C15H20ClF3N2/c1-10(2)5-13-9-21(4-3-20-13)14-7-11(15(17,18)19)6-12(16)8-14/h6-8,10,13,20H,3-5,9H2,1-2H3. The van der Waals surface area contributed by atoms with Crippen LogP contribution in [0, 0.1) is 5.92 Å². The van der Waals surface area contributed by atoms with Crippen molar-refractivity contribution in [2.24, 2.45) is 5.92 Å². The number of rotatable bonds is 3. The van der Waals surface area contributed by atoms with E-state index in [4.69, 9.17) is 11.6 Å². The zero-order chi connectivity index (χ0) is 15.6. The predicted molar refractivity (Wildman–Crippen MR) is 79.9 cm³/mol. The molecule has 118 valence electrons. The van der Waals surface area contributed by atoms with Crippen LogP contribution in [0.1, 0.15) is 25.8 Å². The summed E-state index contributed by atoms with van der Waals surface area (Å²) < 4.78 is 38.6. The fraction of sp³-hybridized carbons (Fsp3) is 0.600. The predicted octanol–water partition coefficient (Wildman–Crippen LogP) is 4.18. The highest BCUT2D eigenvalue weighted by atomic mass is 35.5. The van der Waals surface area contributed by atoms with Gasteiger partial charge in [-0.05, 0) is 30.5 Å². The third-order valence-electron chi connectivity index (χ3n) is 3.59. The molecule has 2 nitrogen and oxygen atoms in total. The van der Waals surface area contributed by atoms with Crippen LogP contribution >= 0.6 is 11.6 Å². The molecule has 1 N–H and O–H groups in total. The fourth-order valence-corrected chi connectivity index (χ4v) is 2.94. The molecule has 2 rings (SSSR count). The van der Waals surface area contributed by atoms with Crippen molar-refractivity contribution in [3.63, 3.8) is 0 Å². The lowest BCUT2D eigenvalue weighted by Gasteiger charge is -2.36. The maximum absolute atomic E-state index is 12.9. The molecule has 6 heteroatoms. The quantitative estimate of drug-likeness (QED) is 0.898. The van der Waals surface area contributed by atoms with E-state index in [9.17, 15) is 13.2 Å². The van der Waals surface area contributed by atoms with Gasteiger partial charge in [0.2, 0.25) is 0 Å². The van der Waals surface area contributed by atoms with Gasteiger partial charge in [-0.3, -0.25) is 0 Å². The van der Waals surface area contributed by atoms with Crippen molar-refractivity contribution in [2.75, 3.05) is 24.5 Å². The van der Waals surface area contributed by atoms with Gasteiger partial charge in [-0.2, -0.15) is 13.2 Å². The molecule has 1 aromatic rings. The minimum absolute atomic E-state index is 0.124. The number of anilines is 1. The first-order chi connectivity index (χ1) is 9.75. The largest absolute Gasteiger partial charge is 0.416 e. The molecule has 0 aliphatic carbocycles. The van der Waals surface area contributed by atoms with Crippen molar-refractivity contribution >= 4 is 17.3 Å². The average molecular weight is 321 g/mol. The highest BCUT2D eigenvalue weighted by Gasteiger charge is 2.32. The number of benzene rings is 1. The van der Waals surface area contributed by atoms with Gasteiger partial charge in [-0.25, -0.2) is 0 Å². The Morgan fingerprint density at radius 3 is 2.67 bits per heavy atom. The van der Waals surface area contributed by atoms with Crippen LogP contribution in [-0.4, -0.2) is 25.7 Å². The highest BCUT2D eigenvalue weighted by Crippen LogP contribution is 2.34. The van der Waals surface area contributed by atoms with E-state index in [0.717, 1.165) is 19.0 Å². The number of hydrogen-bond acceptors (Lipinski definition) is 2. The third-order valence-corrected chi connectivity index (χ3v) is 3.80. The van der Waals surface area contributed by atoms with Crippen LogP contribution in [0.4, 0.5) is 18.9 Å². The molecule has 0 spiro atoms. The van der Waals surface area contributed by atoms with Crippen LogP contribution < -0.4 is 10.2 Å². The Labute approximate surface area is 128 Å². The summed E-state index contributed by atoms with van der Waals surface area (Å²) in [6.07, 6.45) is -3.37. The first-order valence-corrected chi connectivity index (χ1v) is 7.49. The molecule has 0 saturated carbocycles. The summed E-state index contributed by atoms with van der Waals surface area (Å²) in [6.45, 7) is 6.44. The Kier molecular flexibility index (Phi) is 5.04. The Hall–Kier alpha value is -0.940. The maximum Gasteiger partial charge on any atom is 0.416 e. The third kappa shape index (κ3) is 4.51. The van der Waals surface area contributed by atoms with Gasteiger partial charge in [-0.15, -0.1) is 0 Å². The number of halogens is 4. The summed E-state index contributed by atoms with van der Waals surface area (Å²) in [6, 6.07) is 4.06. The SMILES string of the molecule is CC(C)CC1CN(c2cc(Cl)cc(C(F)(F)F)c2)CCN1. The highest BCUT2D eigenvalue weighted by molar-refractivity contribution is 6.30. The van der Waals surface area contributed by atoms with Crippen molar-refractivity contribution in [2.45, 2.75) is 32.5 Å². The summed E-state index contributed by atoms with van der Waals surface area (Å²) in [5, 5.41) is 3.54. The summed E-state index contributed by atoms with van der Waals surface area (Å²) >= 11 is 5.85. The van der Waals surface area contributed by atoms with Gasteiger partial charge in [0, 0.05) is 36.4 Å². The van der Waals surface area contributed by atoms with E-state index >= 15 is 0 Å². The summed E-state index contributed by atoms with van der Waals surface area (Å²) in [7, 11) is 0. The van der Waals surface area contributed by atoms with E-state index in [1.54, 1.807) is 6.07 Å². The van der Waals surface area contributed by atoms with Gasteiger partial charge in [0.15, 0.2) is 0 Å². The minimum atomic E-state index is -4.37. The molecule has 1 aliphatic rings. The molecular formula is C15H20ClF3N2. The Morgan fingerprint density at radius 1 is 1.33 bits per heavy atom. The molecule has 0 bridgehead atoms. The first kappa shape index (κ1) is 16.4. The van der Waals surface area contributed by atoms with Gasteiger partial charge in [0.25, 0.3) is 0 Å². The topological polar surface area (TPSA) is 15.3 Å². The Bertz CT molecular complexity index is 488. The number of nitrogens with one attached hydrogen (secondary N) is 1. The first-order valence-electron chi connectivity index (χ1n) is 7.12. The molecule has 21 heavy (non-hydrogen) atoms. The molecule has 1 unspecified atom stereocenters. The smallest absolute Gasteiger partial charge is 0.369 e. The van der Waals surface area contributed by atoms with Crippen molar-refractivity contribution in [1.29, 1.82) is 0 Å².